The fourth-order valence-corrected chi connectivity index (χ4v) is 5.92. The fourth-order valence-electron chi connectivity index (χ4n) is 4.47. The Morgan fingerprint density at radius 2 is 1.85 bits per heavy atom. The molecule has 0 saturated carbocycles. The van der Waals surface area contributed by atoms with Crippen LogP contribution in [-0.4, -0.2) is 36.2 Å². The molecule has 168 valence electrons. The summed E-state index contributed by atoms with van der Waals surface area (Å²) in [5.74, 6) is 1.23. The lowest BCUT2D eigenvalue weighted by molar-refractivity contribution is -0.123. The lowest BCUT2D eigenvalue weighted by Gasteiger charge is -2.33. The minimum atomic E-state index is -1.12. The lowest BCUT2D eigenvalue weighted by Crippen LogP contribution is -2.51. The van der Waals surface area contributed by atoms with Crippen molar-refractivity contribution >= 4 is 35.1 Å². The fraction of sp³-hybridized carbons (Fsp3) is 0.231. The summed E-state index contributed by atoms with van der Waals surface area (Å²) >= 11 is 1.50. The van der Waals surface area contributed by atoms with Crippen molar-refractivity contribution in [1.82, 2.24) is 4.90 Å². The number of benzene rings is 3. The summed E-state index contributed by atoms with van der Waals surface area (Å²) in [7, 11) is 1.61. The van der Waals surface area contributed by atoms with Crippen LogP contribution in [0.15, 0.2) is 72.8 Å². The Bertz CT molecular complexity index is 1200. The summed E-state index contributed by atoms with van der Waals surface area (Å²) in [6, 6.07) is 22.9. The number of thioether (sulfide) groups is 1. The van der Waals surface area contributed by atoms with Crippen molar-refractivity contribution in [3.05, 3.63) is 89.5 Å². The molecule has 1 spiro atoms. The molecule has 7 heteroatoms. The van der Waals surface area contributed by atoms with Crippen LogP contribution < -0.4 is 15.0 Å². The number of methoxy groups -OCH3 is 1. The number of aryl methyl sites for hydroxylation is 1. The summed E-state index contributed by atoms with van der Waals surface area (Å²) in [5, 5.41) is 2.98. The van der Waals surface area contributed by atoms with Gasteiger partial charge in [-0.2, -0.15) is 0 Å². The molecule has 0 aromatic heterocycles. The number of nitrogens with one attached hydrogen (secondary N) is 1. The molecular weight excluding hydrogens is 434 g/mol. The van der Waals surface area contributed by atoms with E-state index in [0.717, 1.165) is 22.4 Å². The standard InChI is InChI=1S/C26H25N3O3S/c1-18-8-10-20(11-9-18)27-25(31)29-14-15-33-26(29)22-16-21(32-2)12-13-23(22)28(24(26)30)17-19-6-4-3-5-7-19/h3-13,16H,14-15,17H2,1-2H3,(H,27,31)/t26-/m0/s1. The van der Waals surface area contributed by atoms with Crippen LogP contribution in [0.25, 0.3) is 0 Å². The first-order valence-electron chi connectivity index (χ1n) is 10.9. The Kier molecular flexibility index (Phi) is 5.50. The summed E-state index contributed by atoms with van der Waals surface area (Å²) in [6.45, 7) is 2.92. The highest BCUT2D eigenvalue weighted by atomic mass is 32.2. The van der Waals surface area contributed by atoms with Gasteiger partial charge in [0, 0.05) is 23.5 Å². The van der Waals surface area contributed by atoms with Crippen LogP contribution in [0.3, 0.4) is 0 Å². The second kappa shape index (κ2) is 8.48. The van der Waals surface area contributed by atoms with Gasteiger partial charge in [-0.05, 0) is 42.8 Å². The highest BCUT2D eigenvalue weighted by Crippen LogP contribution is 2.55. The lowest BCUT2D eigenvalue weighted by atomic mass is 10.1. The van der Waals surface area contributed by atoms with Gasteiger partial charge in [0.05, 0.1) is 19.3 Å². The van der Waals surface area contributed by atoms with Crippen LogP contribution in [-0.2, 0) is 16.2 Å². The molecule has 6 nitrogen and oxygen atoms in total. The number of fused-ring (bicyclic) bond motifs is 2. The van der Waals surface area contributed by atoms with Gasteiger partial charge in [0.15, 0.2) is 4.87 Å². The predicted molar refractivity (Wildman–Crippen MR) is 132 cm³/mol. The molecule has 0 unspecified atom stereocenters. The average Bonchev–Trinajstić information content (AvgIpc) is 3.38. The number of carbonyl (C=O) groups is 2. The third-order valence-electron chi connectivity index (χ3n) is 6.13. The number of nitrogens with zero attached hydrogens (tertiary/aromatic N) is 2. The van der Waals surface area contributed by atoms with E-state index in [1.165, 1.54) is 11.8 Å². The maximum absolute atomic E-state index is 14.0. The molecule has 33 heavy (non-hydrogen) atoms. The van der Waals surface area contributed by atoms with Gasteiger partial charge in [0.2, 0.25) is 0 Å². The smallest absolute Gasteiger partial charge is 0.323 e. The van der Waals surface area contributed by atoms with E-state index in [1.54, 1.807) is 16.9 Å². The number of urea groups is 1. The average molecular weight is 460 g/mol. The molecule has 0 bridgehead atoms. The van der Waals surface area contributed by atoms with E-state index >= 15 is 0 Å². The normalized spacial score (nSPS) is 19.2. The Balaban J connectivity index is 1.54. The van der Waals surface area contributed by atoms with E-state index in [9.17, 15) is 9.59 Å². The van der Waals surface area contributed by atoms with Crippen LogP contribution >= 0.6 is 11.8 Å². The summed E-state index contributed by atoms with van der Waals surface area (Å²) in [5.41, 5.74) is 4.46. The maximum atomic E-state index is 14.0. The number of carbonyl (C=O) groups excluding carboxylic acids is 2. The van der Waals surface area contributed by atoms with Crippen LogP contribution in [0.4, 0.5) is 16.2 Å². The third-order valence-corrected chi connectivity index (χ3v) is 7.55. The van der Waals surface area contributed by atoms with Gasteiger partial charge in [-0.25, -0.2) is 4.79 Å². The second-order valence-corrected chi connectivity index (χ2v) is 9.49. The first-order valence-corrected chi connectivity index (χ1v) is 11.8. The molecule has 3 amide bonds. The van der Waals surface area contributed by atoms with Crippen molar-refractivity contribution in [1.29, 1.82) is 0 Å². The number of anilines is 2. The Morgan fingerprint density at radius 3 is 2.58 bits per heavy atom. The van der Waals surface area contributed by atoms with Gasteiger partial charge in [0.25, 0.3) is 5.91 Å². The largest absolute Gasteiger partial charge is 0.497 e. The van der Waals surface area contributed by atoms with Crippen molar-refractivity contribution in [2.75, 3.05) is 29.6 Å². The number of rotatable bonds is 4. The molecule has 3 aromatic carbocycles. The predicted octanol–water partition coefficient (Wildman–Crippen LogP) is 4.98. The second-order valence-electron chi connectivity index (χ2n) is 8.20. The molecule has 0 aliphatic carbocycles. The number of amides is 3. The van der Waals surface area contributed by atoms with Crippen molar-refractivity contribution in [3.8, 4) is 5.75 Å². The molecule has 2 aliphatic rings. The van der Waals surface area contributed by atoms with E-state index < -0.39 is 4.87 Å². The molecule has 1 N–H and O–H groups in total. The minimum Gasteiger partial charge on any atom is -0.497 e. The van der Waals surface area contributed by atoms with E-state index in [4.69, 9.17) is 4.74 Å². The van der Waals surface area contributed by atoms with Gasteiger partial charge >= 0.3 is 6.03 Å². The molecular formula is C26H25N3O3S. The molecule has 1 saturated heterocycles. The highest BCUT2D eigenvalue weighted by molar-refractivity contribution is 8.01. The number of hydrogen-bond donors (Lipinski definition) is 1. The summed E-state index contributed by atoms with van der Waals surface area (Å²) in [6.07, 6.45) is 0. The first kappa shape index (κ1) is 21.4. The SMILES string of the molecule is COc1ccc2c(c1)[C@]1(SCCN1C(=O)Nc1ccc(C)cc1)C(=O)N2Cc1ccccc1. The zero-order chi connectivity index (χ0) is 23.0. The molecule has 1 fully saturated rings. The van der Waals surface area contributed by atoms with Crippen LogP contribution in [0.2, 0.25) is 0 Å². The Morgan fingerprint density at radius 1 is 1.09 bits per heavy atom. The van der Waals surface area contributed by atoms with Gasteiger partial charge in [-0.3, -0.25) is 9.69 Å². The number of hydrogen-bond acceptors (Lipinski definition) is 4. The first-order chi connectivity index (χ1) is 16.0. The van der Waals surface area contributed by atoms with Crippen LogP contribution in [0.1, 0.15) is 16.7 Å². The van der Waals surface area contributed by atoms with E-state index in [0.29, 0.717) is 30.3 Å². The van der Waals surface area contributed by atoms with E-state index in [-0.39, 0.29) is 11.9 Å². The van der Waals surface area contributed by atoms with E-state index in [2.05, 4.69) is 5.32 Å². The van der Waals surface area contributed by atoms with E-state index in [1.807, 2.05) is 79.7 Å². The number of ether oxygens (including phenoxy) is 1. The Hall–Kier alpha value is -3.45. The molecule has 0 radical (unpaired) electrons. The minimum absolute atomic E-state index is 0.101. The maximum Gasteiger partial charge on any atom is 0.323 e. The van der Waals surface area contributed by atoms with Gasteiger partial charge in [-0.1, -0.05) is 48.0 Å². The summed E-state index contributed by atoms with van der Waals surface area (Å²) < 4.78 is 5.48. The quantitative estimate of drug-likeness (QED) is 0.598. The summed E-state index contributed by atoms with van der Waals surface area (Å²) in [4.78, 5) is 29.8. The molecule has 1 atom stereocenters. The zero-order valence-electron chi connectivity index (χ0n) is 18.6. The molecule has 5 rings (SSSR count). The highest BCUT2D eigenvalue weighted by Gasteiger charge is 2.59. The Labute approximate surface area is 197 Å². The van der Waals surface area contributed by atoms with Gasteiger partial charge < -0.3 is 15.0 Å². The topological polar surface area (TPSA) is 61.9 Å². The molecule has 3 aromatic rings. The molecule has 2 aliphatic heterocycles. The van der Waals surface area contributed by atoms with Crippen molar-refractivity contribution in [2.45, 2.75) is 18.3 Å². The molecule has 2 heterocycles. The van der Waals surface area contributed by atoms with Gasteiger partial charge in [-0.15, -0.1) is 11.8 Å². The van der Waals surface area contributed by atoms with Crippen molar-refractivity contribution in [3.63, 3.8) is 0 Å². The van der Waals surface area contributed by atoms with Crippen LogP contribution in [0, 0.1) is 6.92 Å². The van der Waals surface area contributed by atoms with Crippen molar-refractivity contribution in [2.24, 2.45) is 0 Å². The zero-order valence-corrected chi connectivity index (χ0v) is 19.4. The van der Waals surface area contributed by atoms with Gasteiger partial charge in [0.1, 0.15) is 5.75 Å². The van der Waals surface area contributed by atoms with Crippen molar-refractivity contribution < 1.29 is 14.3 Å². The third kappa shape index (κ3) is 3.62. The van der Waals surface area contributed by atoms with Crippen LogP contribution in [0.5, 0.6) is 5.75 Å². The monoisotopic (exact) mass is 459 g/mol.